The summed E-state index contributed by atoms with van der Waals surface area (Å²) in [7, 11) is -3.46. The van der Waals surface area contributed by atoms with Crippen molar-refractivity contribution in [2.75, 3.05) is 19.0 Å². The minimum Gasteiger partial charge on any atom is -0.374 e. The van der Waals surface area contributed by atoms with Gasteiger partial charge in [0.25, 0.3) is 0 Å². The molecule has 0 aliphatic carbocycles. The van der Waals surface area contributed by atoms with Gasteiger partial charge in [-0.1, -0.05) is 83.7 Å². The van der Waals surface area contributed by atoms with E-state index in [4.69, 9.17) is 18.9 Å². The molecule has 0 spiro atoms. The quantitative estimate of drug-likeness (QED) is 0.135. The standard InChI is InChI=1S/C38H56O6S/c1-8-19-41-20-13-14-31-23-28(5)35(42-31)18-17-32-22-27(4)29(6)37(43-32)24-38-34(30(7)36(44-38)21-26(3)9-2)25-45(39,40)33-15-11-10-12-16-33/h8,10-16,26-27,30-32,34-38H,1,5-6,9,17-25H2,2-4,7H3/b14-13+/t26-,27-,30-,31+,32+,34-,35?,36-,37?,38+/m1/s1. The number of ether oxygens (including phenoxy) is 4. The fourth-order valence-corrected chi connectivity index (χ4v) is 8.89. The molecular weight excluding hydrogens is 584 g/mol. The lowest BCUT2D eigenvalue weighted by Crippen LogP contribution is -2.38. The molecule has 6 nitrogen and oxygen atoms in total. The summed E-state index contributed by atoms with van der Waals surface area (Å²) in [5.41, 5.74) is 2.22. The Bertz CT molecular complexity index is 1260. The summed E-state index contributed by atoms with van der Waals surface area (Å²) >= 11 is 0. The Morgan fingerprint density at radius 1 is 1.02 bits per heavy atom. The molecule has 250 valence electrons. The second-order valence-electron chi connectivity index (χ2n) is 13.6. The van der Waals surface area contributed by atoms with Crippen LogP contribution in [0, 0.1) is 23.7 Å². The van der Waals surface area contributed by atoms with Crippen LogP contribution in [0.15, 0.2) is 84.3 Å². The number of benzene rings is 1. The van der Waals surface area contributed by atoms with E-state index < -0.39 is 9.84 Å². The van der Waals surface area contributed by atoms with E-state index in [1.807, 2.05) is 12.1 Å². The molecule has 2 unspecified atom stereocenters. The molecule has 3 saturated heterocycles. The van der Waals surface area contributed by atoms with Crippen LogP contribution in [0.4, 0.5) is 0 Å². The summed E-state index contributed by atoms with van der Waals surface area (Å²) in [4.78, 5) is 0.378. The highest BCUT2D eigenvalue weighted by Crippen LogP contribution is 2.43. The van der Waals surface area contributed by atoms with Crippen LogP contribution in [0.25, 0.3) is 0 Å². The fourth-order valence-electron chi connectivity index (χ4n) is 7.10. The highest BCUT2D eigenvalue weighted by Gasteiger charge is 2.46. The van der Waals surface area contributed by atoms with Crippen molar-refractivity contribution < 1.29 is 27.4 Å². The summed E-state index contributed by atoms with van der Waals surface area (Å²) in [5, 5.41) is 0. The Labute approximate surface area is 272 Å². The molecule has 1 aromatic carbocycles. The Balaban J connectivity index is 1.40. The van der Waals surface area contributed by atoms with Crippen LogP contribution < -0.4 is 0 Å². The van der Waals surface area contributed by atoms with Crippen LogP contribution in [0.5, 0.6) is 0 Å². The fraction of sp³-hybridized carbons (Fsp3) is 0.632. The van der Waals surface area contributed by atoms with Gasteiger partial charge < -0.3 is 18.9 Å². The van der Waals surface area contributed by atoms with Crippen LogP contribution in [-0.2, 0) is 28.8 Å². The Morgan fingerprint density at radius 3 is 2.49 bits per heavy atom. The lowest BCUT2D eigenvalue weighted by atomic mass is 9.81. The molecular formula is C38H56O6S. The van der Waals surface area contributed by atoms with Gasteiger partial charge in [-0.25, -0.2) is 8.42 Å². The molecule has 1 aromatic rings. The highest BCUT2D eigenvalue weighted by molar-refractivity contribution is 7.91. The predicted molar refractivity (Wildman–Crippen MR) is 182 cm³/mol. The smallest absolute Gasteiger partial charge is 0.178 e. The molecule has 0 bridgehead atoms. The van der Waals surface area contributed by atoms with E-state index in [-0.39, 0.29) is 54.2 Å². The third-order valence-electron chi connectivity index (χ3n) is 10.2. The van der Waals surface area contributed by atoms with Gasteiger partial charge in [0.1, 0.15) is 0 Å². The van der Waals surface area contributed by atoms with Crippen LogP contribution >= 0.6 is 0 Å². The zero-order valence-corrected chi connectivity index (χ0v) is 28.8. The first-order valence-corrected chi connectivity index (χ1v) is 18.6. The number of rotatable bonds is 16. The summed E-state index contributed by atoms with van der Waals surface area (Å²) in [6, 6.07) is 8.81. The van der Waals surface area contributed by atoms with Crippen molar-refractivity contribution in [3.05, 3.63) is 79.4 Å². The van der Waals surface area contributed by atoms with Gasteiger partial charge in [0.2, 0.25) is 0 Å². The SMILES string of the molecule is C=CCOC/C=C/[C@H]1CC(=C)C(CC[C@H]2C[C@@H](C)C(=C)C(C[C@@H]3O[C@H](C[C@H](C)CC)[C@H](C)[C@H]3CS(=O)(=O)c3ccccc3)O2)O1. The lowest BCUT2D eigenvalue weighted by molar-refractivity contribution is -0.0730. The van der Waals surface area contributed by atoms with Gasteiger partial charge >= 0.3 is 0 Å². The second kappa shape index (κ2) is 16.7. The van der Waals surface area contributed by atoms with Gasteiger partial charge in [-0.3, -0.25) is 0 Å². The molecule has 10 atom stereocenters. The molecule has 0 aromatic heterocycles. The molecule has 4 rings (SSSR count). The van der Waals surface area contributed by atoms with E-state index in [9.17, 15) is 8.42 Å². The molecule has 0 N–H and O–H groups in total. The molecule has 0 saturated carbocycles. The normalized spacial score (nSPS) is 33.2. The summed E-state index contributed by atoms with van der Waals surface area (Å²) in [6.45, 7) is 22.3. The minimum absolute atomic E-state index is 0.0177. The van der Waals surface area contributed by atoms with E-state index in [1.54, 1.807) is 30.3 Å². The van der Waals surface area contributed by atoms with Gasteiger partial charge in [-0.2, -0.15) is 0 Å². The summed E-state index contributed by atoms with van der Waals surface area (Å²) < 4.78 is 52.3. The first kappa shape index (κ1) is 35.8. The molecule has 45 heavy (non-hydrogen) atoms. The Kier molecular flexibility index (Phi) is 13.3. The molecule has 3 fully saturated rings. The first-order chi connectivity index (χ1) is 21.5. The molecule has 3 aliphatic heterocycles. The van der Waals surface area contributed by atoms with Gasteiger partial charge in [0.15, 0.2) is 9.84 Å². The molecule has 0 radical (unpaired) electrons. The topological polar surface area (TPSA) is 71.1 Å². The predicted octanol–water partition coefficient (Wildman–Crippen LogP) is 7.91. The monoisotopic (exact) mass is 640 g/mol. The lowest BCUT2D eigenvalue weighted by Gasteiger charge is -2.38. The maximum absolute atomic E-state index is 13.5. The number of sulfone groups is 1. The van der Waals surface area contributed by atoms with Crippen molar-refractivity contribution in [2.45, 2.75) is 114 Å². The average molecular weight is 641 g/mol. The van der Waals surface area contributed by atoms with Crippen LogP contribution in [0.1, 0.15) is 72.6 Å². The van der Waals surface area contributed by atoms with Crippen molar-refractivity contribution in [2.24, 2.45) is 23.7 Å². The van der Waals surface area contributed by atoms with E-state index in [1.165, 1.54) is 0 Å². The van der Waals surface area contributed by atoms with Crippen LogP contribution in [0.3, 0.4) is 0 Å². The van der Waals surface area contributed by atoms with Crippen molar-refractivity contribution in [1.29, 1.82) is 0 Å². The zero-order chi connectivity index (χ0) is 32.6. The molecule has 3 aliphatic rings. The van der Waals surface area contributed by atoms with Crippen molar-refractivity contribution >= 4 is 9.84 Å². The maximum atomic E-state index is 13.5. The van der Waals surface area contributed by atoms with Crippen molar-refractivity contribution in [1.82, 2.24) is 0 Å². The van der Waals surface area contributed by atoms with Gasteiger partial charge in [-0.15, -0.1) is 6.58 Å². The molecule has 7 heteroatoms. The van der Waals surface area contributed by atoms with Crippen LogP contribution in [0.2, 0.25) is 0 Å². The summed E-state index contributed by atoms with van der Waals surface area (Å²) in [5.74, 6) is 0.928. The number of hydrogen-bond acceptors (Lipinski definition) is 6. The minimum atomic E-state index is -3.46. The van der Waals surface area contributed by atoms with Gasteiger partial charge in [-0.05, 0) is 66.7 Å². The molecule has 3 heterocycles. The third-order valence-corrected chi connectivity index (χ3v) is 12.0. The van der Waals surface area contributed by atoms with Gasteiger partial charge in [0.05, 0.1) is 60.5 Å². The number of hydrogen-bond donors (Lipinski definition) is 0. The first-order valence-electron chi connectivity index (χ1n) is 17.0. The molecule has 0 amide bonds. The van der Waals surface area contributed by atoms with Crippen molar-refractivity contribution in [3.8, 4) is 0 Å². The van der Waals surface area contributed by atoms with Gasteiger partial charge in [0, 0.05) is 18.8 Å². The van der Waals surface area contributed by atoms with E-state index >= 15 is 0 Å². The highest BCUT2D eigenvalue weighted by atomic mass is 32.2. The maximum Gasteiger partial charge on any atom is 0.178 e. The largest absolute Gasteiger partial charge is 0.374 e. The van der Waals surface area contributed by atoms with E-state index in [2.05, 4.69) is 53.5 Å². The Morgan fingerprint density at radius 2 is 1.78 bits per heavy atom. The third kappa shape index (κ3) is 9.74. The van der Waals surface area contributed by atoms with Crippen molar-refractivity contribution in [3.63, 3.8) is 0 Å². The average Bonchev–Trinajstić information content (AvgIpc) is 3.51. The zero-order valence-electron chi connectivity index (χ0n) is 27.9. The Hall–Kier alpha value is -2.03. The summed E-state index contributed by atoms with van der Waals surface area (Å²) in [6.07, 6.45) is 11.7. The van der Waals surface area contributed by atoms with Crippen LogP contribution in [-0.4, -0.2) is 64.0 Å². The second-order valence-corrected chi connectivity index (χ2v) is 15.7. The van der Waals surface area contributed by atoms with E-state index in [0.29, 0.717) is 36.4 Å². The van der Waals surface area contributed by atoms with E-state index in [0.717, 1.165) is 49.7 Å².